The summed E-state index contributed by atoms with van der Waals surface area (Å²) in [7, 11) is 0. The average Bonchev–Trinajstić information content (AvgIpc) is 2.80. The van der Waals surface area contributed by atoms with Crippen molar-refractivity contribution in [3.63, 3.8) is 0 Å². The molecule has 0 bridgehead atoms. The second kappa shape index (κ2) is 6.32. The van der Waals surface area contributed by atoms with Crippen molar-refractivity contribution in [1.82, 2.24) is 0 Å². The number of hydrogen-bond donors (Lipinski definition) is 1. The van der Waals surface area contributed by atoms with E-state index in [0.29, 0.717) is 0 Å². The molecule has 2 N–H and O–H groups in total. The van der Waals surface area contributed by atoms with Crippen LogP contribution >= 0.6 is 23.4 Å². The molecular weight excluding hydrogens is 266 g/mol. The first-order chi connectivity index (χ1) is 8.65. The van der Waals surface area contributed by atoms with Crippen molar-refractivity contribution >= 4 is 23.4 Å². The average molecular weight is 282 g/mol. The number of rotatable bonds is 5. The van der Waals surface area contributed by atoms with Gasteiger partial charge in [-0.15, -0.1) is 11.8 Å². The number of nitrogens with two attached hydrogens (primary N) is 1. The van der Waals surface area contributed by atoms with E-state index in [1.165, 1.54) is 5.56 Å². The minimum absolute atomic E-state index is 0.155. The number of hydrogen-bond acceptors (Lipinski definition) is 3. The molecule has 2 rings (SSSR count). The molecule has 4 heteroatoms. The Morgan fingerprint density at radius 2 is 2.22 bits per heavy atom. The van der Waals surface area contributed by atoms with Gasteiger partial charge in [0.15, 0.2) is 0 Å². The van der Waals surface area contributed by atoms with E-state index in [4.69, 9.17) is 21.8 Å². The van der Waals surface area contributed by atoms with Gasteiger partial charge in [-0.25, -0.2) is 0 Å². The van der Waals surface area contributed by atoms with Crippen LogP contribution in [-0.2, 0) is 12.2 Å². The van der Waals surface area contributed by atoms with E-state index in [1.807, 2.05) is 31.2 Å². The van der Waals surface area contributed by atoms with Crippen LogP contribution in [0.1, 0.15) is 18.2 Å². The minimum Gasteiger partial charge on any atom is -0.468 e. The second-order valence-corrected chi connectivity index (χ2v) is 5.74. The van der Waals surface area contributed by atoms with Gasteiger partial charge in [-0.1, -0.05) is 17.7 Å². The maximum atomic E-state index is 6.26. The molecule has 0 aliphatic rings. The first-order valence-electron chi connectivity index (χ1n) is 5.84. The maximum absolute atomic E-state index is 6.26. The fraction of sp³-hybridized carbons (Fsp3) is 0.286. The zero-order chi connectivity index (χ0) is 13.0. The molecule has 1 heterocycles. The quantitative estimate of drug-likeness (QED) is 0.838. The Hall–Kier alpha value is -0.900. The lowest BCUT2D eigenvalue weighted by Gasteiger charge is -2.08. The van der Waals surface area contributed by atoms with E-state index in [9.17, 15) is 0 Å². The molecule has 0 radical (unpaired) electrons. The number of furan rings is 1. The van der Waals surface area contributed by atoms with Crippen LogP contribution < -0.4 is 5.73 Å². The van der Waals surface area contributed by atoms with Crippen molar-refractivity contribution in [3.05, 3.63) is 52.9 Å². The van der Waals surface area contributed by atoms with Gasteiger partial charge in [-0.2, -0.15) is 0 Å². The molecule has 0 spiro atoms. The molecule has 96 valence electrons. The van der Waals surface area contributed by atoms with Gasteiger partial charge < -0.3 is 10.2 Å². The Labute approximate surface area is 117 Å². The Morgan fingerprint density at radius 1 is 1.39 bits per heavy atom. The highest BCUT2D eigenvalue weighted by molar-refractivity contribution is 7.98. The Morgan fingerprint density at radius 3 is 2.83 bits per heavy atom. The minimum atomic E-state index is 0.155. The van der Waals surface area contributed by atoms with Crippen LogP contribution in [0.2, 0.25) is 5.02 Å². The molecule has 1 atom stereocenters. The largest absolute Gasteiger partial charge is 0.468 e. The van der Waals surface area contributed by atoms with Crippen LogP contribution in [-0.4, -0.2) is 6.04 Å². The van der Waals surface area contributed by atoms with E-state index in [0.717, 1.165) is 27.9 Å². The predicted molar refractivity (Wildman–Crippen MR) is 77.1 cm³/mol. The van der Waals surface area contributed by atoms with Crippen molar-refractivity contribution in [2.45, 2.75) is 30.0 Å². The van der Waals surface area contributed by atoms with Gasteiger partial charge in [0, 0.05) is 10.9 Å². The molecule has 0 aliphatic heterocycles. The fourth-order valence-electron chi connectivity index (χ4n) is 1.70. The third-order valence-corrected chi connectivity index (χ3v) is 4.02. The first kappa shape index (κ1) is 13.5. The van der Waals surface area contributed by atoms with Gasteiger partial charge in [0.25, 0.3) is 0 Å². The van der Waals surface area contributed by atoms with Crippen molar-refractivity contribution in [2.24, 2.45) is 5.73 Å². The topological polar surface area (TPSA) is 39.2 Å². The van der Waals surface area contributed by atoms with Crippen LogP contribution in [0.25, 0.3) is 0 Å². The van der Waals surface area contributed by atoms with Crippen molar-refractivity contribution in [2.75, 3.05) is 0 Å². The molecule has 0 fully saturated rings. The van der Waals surface area contributed by atoms with E-state index in [2.05, 4.69) is 6.07 Å². The zero-order valence-corrected chi connectivity index (χ0v) is 11.8. The first-order valence-corrected chi connectivity index (χ1v) is 7.20. The summed E-state index contributed by atoms with van der Waals surface area (Å²) in [5, 5.41) is 0.782. The SMILES string of the molecule is CC(N)Cc1ccc(SCc2ccco2)c(Cl)c1. The van der Waals surface area contributed by atoms with E-state index < -0.39 is 0 Å². The molecule has 18 heavy (non-hydrogen) atoms. The molecule has 1 aromatic heterocycles. The highest BCUT2D eigenvalue weighted by Gasteiger charge is 2.05. The van der Waals surface area contributed by atoms with Gasteiger partial charge in [0.05, 0.1) is 17.0 Å². The van der Waals surface area contributed by atoms with E-state index >= 15 is 0 Å². The summed E-state index contributed by atoms with van der Waals surface area (Å²) in [6.07, 6.45) is 2.53. The lowest BCUT2D eigenvalue weighted by atomic mass is 10.1. The van der Waals surface area contributed by atoms with Crippen LogP contribution in [0.5, 0.6) is 0 Å². The highest BCUT2D eigenvalue weighted by atomic mass is 35.5. The Kier molecular flexibility index (Phi) is 4.75. The summed E-state index contributed by atoms with van der Waals surface area (Å²) >= 11 is 7.94. The normalized spacial score (nSPS) is 12.6. The third kappa shape index (κ3) is 3.80. The molecule has 0 aliphatic carbocycles. The molecule has 0 amide bonds. The smallest absolute Gasteiger partial charge is 0.113 e. The zero-order valence-electron chi connectivity index (χ0n) is 10.2. The summed E-state index contributed by atoms with van der Waals surface area (Å²) in [6, 6.07) is 10.1. The van der Waals surface area contributed by atoms with Gasteiger partial charge in [-0.05, 0) is 43.2 Å². The number of halogens is 1. The summed E-state index contributed by atoms with van der Waals surface area (Å²) < 4.78 is 5.29. The molecule has 1 aromatic carbocycles. The molecule has 2 nitrogen and oxygen atoms in total. The van der Waals surface area contributed by atoms with E-state index in [-0.39, 0.29) is 6.04 Å². The third-order valence-electron chi connectivity index (χ3n) is 2.50. The van der Waals surface area contributed by atoms with Gasteiger partial charge in [0.1, 0.15) is 5.76 Å². The molecule has 2 aromatic rings. The molecule has 0 saturated heterocycles. The molecular formula is C14H16ClNOS. The van der Waals surface area contributed by atoms with Crippen LogP contribution in [0, 0.1) is 0 Å². The van der Waals surface area contributed by atoms with Crippen LogP contribution in [0.15, 0.2) is 45.9 Å². The summed E-state index contributed by atoms with van der Waals surface area (Å²) in [6.45, 7) is 1.99. The summed E-state index contributed by atoms with van der Waals surface area (Å²) in [5.74, 6) is 1.75. The summed E-state index contributed by atoms with van der Waals surface area (Å²) in [5.41, 5.74) is 6.95. The highest BCUT2D eigenvalue weighted by Crippen LogP contribution is 2.30. The lowest BCUT2D eigenvalue weighted by molar-refractivity contribution is 0.530. The van der Waals surface area contributed by atoms with Crippen LogP contribution in [0.3, 0.4) is 0 Å². The fourth-order valence-corrected chi connectivity index (χ4v) is 2.89. The van der Waals surface area contributed by atoms with E-state index in [1.54, 1.807) is 18.0 Å². The Bertz CT molecular complexity index is 497. The van der Waals surface area contributed by atoms with Crippen molar-refractivity contribution in [1.29, 1.82) is 0 Å². The van der Waals surface area contributed by atoms with Gasteiger partial charge >= 0.3 is 0 Å². The second-order valence-electron chi connectivity index (χ2n) is 4.31. The monoisotopic (exact) mass is 281 g/mol. The lowest BCUT2D eigenvalue weighted by Crippen LogP contribution is -2.17. The maximum Gasteiger partial charge on any atom is 0.113 e. The number of benzene rings is 1. The van der Waals surface area contributed by atoms with Gasteiger partial charge in [-0.3, -0.25) is 0 Å². The predicted octanol–water partition coefficient (Wildman–Crippen LogP) is 4.12. The summed E-state index contributed by atoms with van der Waals surface area (Å²) in [4.78, 5) is 1.07. The van der Waals surface area contributed by atoms with Crippen molar-refractivity contribution < 1.29 is 4.42 Å². The number of thioether (sulfide) groups is 1. The van der Waals surface area contributed by atoms with Crippen LogP contribution in [0.4, 0.5) is 0 Å². The van der Waals surface area contributed by atoms with Gasteiger partial charge in [0.2, 0.25) is 0 Å². The standard InChI is InChI=1S/C14H16ClNOS/c1-10(16)7-11-4-5-14(13(15)8-11)18-9-12-3-2-6-17-12/h2-6,8,10H,7,9,16H2,1H3. The Balaban J connectivity index is 2.01. The molecule has 1 unspecified atom stereocenters. The molecule has 0 saturated carbocycles. The van der Waals surface area contributed by atoms with Crippen molar-refractivity contribution in [3.8, 4) is 0 Å².